The van der Waals surface area contributed by atoms with Crippen molar-refractivity contribution in [1.82, 2.24) is 9.47 Å². The van der Waals surface area contributed by atoms with E-state index in [1.54, 1.807) is 39.1 Å². The number of likely N-dealkylation sites (N-methyl/N-ethyl adjacent to an activating group) is 1. The van der Waals surface area contributed by atoms with Gasteiger partial charge >= 0.3 is 18.2 Å². The van der Waals surface area contributed by atoms with Crippen molar-refractivity contribution >= 4 is 29.1 Å². The molecule has 1 aromatic heterocycles. The van der Waals surface area contributed by atoms with E-state index in [9.17, 15) is 19.5 Å². The van der Waals surface area contributed by atoms with Crippen molar-refractivity contribution in [2.75, 3.05) is 13.7 Å². The molecule has 206 valence electrons. The van der Waals surface area contributed by atoms with Gasteiger partial charge in [-0.05, 0) is 54.7 Å². The molecule has 0 fully saturated rings. The van der Waals surface area contributed by atoms with E-state index in [0.717, 1.165) is 27.2 Å². The van der Waals surface area contributed by atoms with Crippen LogP contribution in [0.3, 0.4) is 0 Å². The number of carbonyl (C=O) groups excluding carboxylic acids is 2. The molecule has 4 aromatic rings. The third kappa shape index (κ3) is 5.17. The van der Waals surface area contributed by atoms with Crippen molar-refractivity contribution in [3.63, 3.8) is 0 Å². The van der Waals surface area contributed by atoms with Crippen molar-refractivity contribution in [1.29, 1.82) is 0 Å². The third-order valence-electron chi connectivity index (χ3n) is 7.17. The molecule has 1 heterocycles. The molecular weight excluding hydrogens is 508 g/mol. The van der Waals surface area contributed by atoms with Crippen LogP contribution in [0.2, 0.25) is 0 Å². The molecule has 0 aliphatic heterocycles. The average molecular weight is 541 g/mol. The van der Waals surface area contributed by atoms with Crippen LogP contribution in [0.25, 0.3) is 22.0 Å². The minimum Gasteiger partial charge on any atom is -0.480 e. The van der Waals surface area contributed by atoms with Crippen LogP contribution in [0, 0.1) is 0 Å². The number of aliphatic carboxylic acids is 1. The van der Waals surface area contributed by atoms with Gasteiger partial charge in [-0.2, -0.15) is 0 Å². The van der Waals surface area contributed by atoms with Crippen LogP contribution in [-0.2, 0) is 20.7 Å². The molecule has 40 heavy (non-hydrogen) atoms. The van der Waals surface area contributed by atoms with Crippen LogP contribution in [0.1, 0.15) is 43.4 Å². The van der Waals surface area contributed by atoms with Crippen LogP contribution in [0.15, 0.2) is 79.0 Å². The van der Waals surface area contributed by atoms with Crippen LogP contribution < -0.4 is 0 Å². The number of carboxylic acids is 1. The molecule has 5 rings (SSSR count). The molecule has 1 aliphatic carbocycles. The summed E-state index contributed by atoms with van der Waals surface area (Å²) in [6, 6.07) is 22.0. The molecule has 1 atom stereocenters. The molecule has 8 nitrogen and oxygen atoms in total. The van der Waals surface area contributed by atoms with Gasteiger partial charge in [-0.3, -0.25) is 9.47 Å². The average Bonchev–Trinajstić information content (AvgIpc) is 3.45. The van der Waals surface area contributed by atoms with E-state index in [4.69, 9.17) is 9.47 Å². The Morgan fingerprint density at radius 3 is 2.10 bits per heavy atom. The Kier molecular flexibility index (Phi) is 7.10. The van der Waals surface area contributed by atoms with Gasteiger partial charge in [-0.15, -0.1) is 0 Å². The summed E-state index contributed by atoms with van der Waals surface area (Å²) in [6.07, 6.45) is 0.268. The molecule has 0 bridgehead atoms. The van der Waals surface area contributed by atoms with Gasteiger partial charge in [0.2, 0.25) is 0 Å². The van der Waals surface area contributed by atoms with Crippen molar-refractivity contribution in [2.24, 2.45) is 0 Å². The van der Waals surface area contributed by atoms with E-state index in [-0.39, 0.29) is 18.9 Å². The molecule has 1 amide bonds. The van der Waals surface area contributed by atoms with Gasteiger partial charge in [0.1, 0.15) is 18.2 Å². The SMILES string of the molecule is CN(C(=O)OCC1c2ccccc2-c2ccccc21)C(Cc1cn(C(=O)OC(C)(C)C)c2ccccc12)C(=O)O. The van der Waals surface area contributed by atoms with Gasteiger partial charge in [0.25, 0.3) is 0 Å². The van der Waals surface area contributed by atoms with Gasteiger partial charge in [0, 0.05) is 31.0 Å². The summed E-state index contributed by atoms with van der Waals surface area (Å²) < 4.78 is 12.6. The number of carbonyl (C=O) groups is 3. The maximum atomic E-state index is 13.2. The lowest BCUT2D eigenvalue weighted by molar-refractivity contribution is -0.142. The van der Waals surface area contributed by atoms with Crippen molar-refractivity contribution in [2.45, 2.75) is 44.8 Å². The number of benzene rings is 3. The molecule has 0 radical (unpaired) electrons. The molecule has 3 aromatic carbocycles. The summed E-state index contributed by atoms with van der Waals surface area (Å²) in [5.74, 6) is -1.31. The van der Waals surface area contributed by atoms with Gasteiger partial charge in [0.15, 0.2) is 0 Å². The Bertz CT molecular complexity index is 1550. The second kappa shape index (κ2) is 10.5. The van der Waals surface area contributed by atoms with Crippen LogP contribution >= 0.6 is 0 Å². The standard InChI is InChI=1S/C32H32N2O6/c1-32(2,3)40-31(38)34-18-20(21-11-9-10-16-27(21)34)17-28(29(35)36)33(4)30(37)39-19-26-24-14-7-5-12-22(24)23-13-6-8-15-25(23)26/h5-16,18,26,28H,17,19H2,1-4H3,(H,35,36). The second-order valence-electron chi connectivity index (χ2n) is 11.0. The number of rotatable bonds is 6. The van der Waals surface area contributed by atoms with Crippen LogP contribution in [0.5, 0.6) is 0 Å². The summed E-state index contributed by atoms with van der Waals surface area (Å²) in [5.41, 5.74) is 4.87. The summed E-state index contributed by atoms with van der Waals surface area (Å²) >= 11 is 0. The van der Waals surface area contributed by atoms with Crippen LogP contribution in [-0.4, -0.2) is 58.0 Å². The van der Waals surface area contributed by atoms with Crippen LogP contribution in [0.4, 0.5) is 9.59 Å². The predicted octanol–water partition coefficient (Wildman–Crippen LogP) is 6.30. The third-order valence-corrected chi connectivity index (χ3v) is 7.17. The first-order valence-corrected chi connectivity index (χ1v) is 13.2. The van der Waals surface area contributed by atoms with Crippen molar-refractivity contribution < 1.29 is 29.0 Å². The fraction of sp³-hybridized carbons (Fsp3) is 0.281. The number of hydrogen-bond acceptors (Lipinski definition) is 5. The Morgan fingerprint density at radius 1 is 0.925 bits per heavy atom. The Morgan fingerprint density at radius 2 is 1.50 bits per heavy atom. The Hall–Kier alpha value is -4.59. The Balaban J connectivity index is 1.35. The topological polar surface area (TPSA) is 98.1 Å². The van der Waals surface area contributed by atoms with E-state index >= 15 is 0 Å². The molecule has 0 saturated heterocycles. The van der Waals surface area contributed by atoms with Crippen molar-refractivity contribution in [3.8, 4) is 11.1 Å². The maximum Gasteiger partial charge on any atom is 0.419 e. The van der Waals surface area contributed by atoms with E-state index in [2.05, 4.69) is 12.1 Å². The number of hydrogen-bond donors (Lipinski definition) is 1. The fourth-order valence-corrected chi connectivity index (χ4v) is 5.30. The number of para-hydroxylation sites is 1. The quantitative estimate of drug-likeness (QED) is 0.308. The molecular formula is C32H32N2O6. The zero-order chi connectivity index (χ0) is 28.6. The summed E-state index contributed by atoms with van der Waals surface area (Å²) in [4.78, 5) is 39.5. The molecule has 0 spiro atoms. The normalized spacial score (nSPS) is 13.4. The lowest BCUT2D eigenvalue weighted by Gasteiger charge is -2.25. The predicted molar refractivity (Wildman–Crippen MR) is 152 cm³/mol. The molecule has 1 aliphatic rings. The number of aromatic nitrogens is 1. The minimum absolute atomic E-state index is 0.0215. The molecule has 0 saturated carbocycles. The van der Waals surface area contributed by atoms with E-state index in [0.29, 0.717) is 16.5 Å². The smallest absolute Gasteiger partial charge is 0.419 e. The number of ether oxygens (including phenoxy) is 2. The molecule has 8 heteroatoms. The summed E-state index contributed by atoms with van der Waals surface area (Å²) in [7, 11) is 1.42. The van der Waals surface area contributed by atoms with E-state index in [1.165, 1.54) is 11.6 Å². The van der Waals surface area contributed by atoms with Gasteiger partial charge in [-0.25, -0.2) is 14.4 Å². The van der Waals surface area contributed by atoms with Crippen molar-refractivity contribution in [3.05, 3.63) is 95.7 Å². The zero-order valence-corrected chi connectivity index (χ0v) is 23.0. The van der Waals surface area contributed by atoms with Gasteiger partial charge in [0.05, 0.1) is 5.52 Å². The molecule has 1 unspecified atom stereocenters. The van der Waals surface area contributed by atoms with Gasteiger partial charge in [-0.1, -0.05) is 66.7 Å². The number of nitrogens with zero attached hydrogens (tertiary/aromatic N) is 2. The summed E-state index contributed by atoms with van der Waals surface area (Å²) in [5, 5.41) is 10.8. The first kappa shape index (κ1) is 27.0. The highest BCUT2D eigenvalue weighted by atomic mass is 16.6. The number of carboxylic acid groups (broad SMARTS) is 1. The van der Waals surface area contributed by atoms with E-state index < -0.39 is 29.8 Å². The zero-order valence-electron chi connectivity index (χ0n) is 23.0. The Labute approximate surface area is 232 Å². The first-order chi connectivity index (χ1) is 19.0. The van der Waals surface area contributed by atoms with E-state index in [1.807, 2.05) is 48.5 Å². The lowest BCUT2D eigenvalue weighted by atomic mass is 9.98. The first-order valence-electron chi connectivity index (χ1n) is 13.2. The number of fused-ring (bicyclic) bond motifs is 4. The highest BCUT2D eigenvalue weighted by molar-refractivity contribution is 5.93. The lowest BCUT2D eigenvalue weighted by Crippen LogP contribution is -2.44. The molecule has 1 N–H and O–H groups in total. The number of amides is 1. The fourth-order valence-electron chi connectivity index (χ4n) is 5.30. The highest BCUT2D eigenvalue weighted by Crippen LogP contribution is 2.44. The monoisotopic (exact) mass is 540 g/mol. The van der Waals surface area contributed by atoms with Gasteiger partial charge < -0.3 is 14.6 Å². The maximum absolute atomic E-state index is 13.2. The minimum atomic E-state index is -1.21. The largest absolute Gasteiger partial charge is 0.480 e. The summed E-state index contributed by atoms with van der Waals surface area (Å²) in [6.45, 7) is 5.42. The second-order valence-corrected chi connectivity index (χ2v) is 11.0. The highest BCUT2D eigenvalue weighted by Gasteiger charge is 2.33.